The summed E-state index contributed by atoms with van der Waals surface area (Å²) in [6.07, 6.45) is 0. The number of ether oxygens (including phenoxy) is 2. The minimum absolute atomic E-state index is 0.233. The zero-order chi connectivity index (χ0) is 12.5. The Hall–Kier alpha value is -2.08. The first-order valence-corrected chi connectivity index (χ1v) is 5.71. The predicted molar refractivity (Wildman–Crippen MR) is 63.4 cm³/mol. The van der Waals surface area contributed by atoms with E-state index in [1.54, 1.807) is 0 Å². The highest BCUT2D eigenvalue weighted by atomic mass is 16.6. The number of hydrogen-bond donors (Lipinski definition) is 1. The average molecular weight is 247 g/mol. The van der Waals surface area contributed by atoms with E-state index in [0.29, 0.717) is 30.7 Å². The molecule has 1 aliphatic heterocycles. The topological polar surface area (TPSA) is 83.4 Å². The summed E-state index contributed by atoms with van der Waals surface area (Å²) < 4.78 is 16.5. The molecule has 1 aromatic heterocycles. The van der Waals surface area contributed by atoms with Crippen molar-refractivity contribution in [3.05, 3.63) is 23.6 Å². The van der Waals surface area contributed by atoms with Crippen LogP contribution in [0.15, 0.2) is 16.5 Å². The first-order valence-electron chi connectivity index (χ1n) is 5.71. The average Bonchev–Trinajstić information content (AvgIpc) is 2.86. The maximum Gasteiger partial charge on any atom is 0.248 e. The molecule has 0 spiro atoms. The van der Waals surface area contributed by atoms with Crippen molar-refractivity contribution in [1.29, 1.82) is 0 Å². The van der Waals surface area contributed by atoms with Gasteiger partial charge in [0.2, 0.25) is 11.8 Å². The zero-order valence-corrected chi connectivity index (χ0v) is 9.97. The quantitative estimate of drug-likeness (QED) is 0.860. The van der Waals surface area contributed by atoms with Crippen LogP contribution in [0.25, 0.3) is 11.5 Å². The summed E-state index contributed by atoms with van der Waals surface area (Å²) in [7, 11) is 0. The third-order valence-corrected chi connectivity index (χ3v) is 2.76. The Kier molecular flexibility index (Phi) is 2.64. The van der Waals surface area contributed by atoms with Crippen molar-refractivity contribution in [3.8, 4) is 23.0 Å². The minimum Gasteiger partial charge on any atom is -0.486 e. The number of nitrogens with two attached hydrogens (primary N) is 1. The fourth-order valence-electron chi connectivity index (χ4n) is 1.87. The van der Waals surface area contributed by atoms with Crippen molar-refractivity contribution < 1.29 is 13.9 Å². The second kappa shape index (κ2) is 4.30. The van der Waals surface area contributed by atoms with Crippen molar-refractivity contribution in [2.24, 2.45) is 5.73 Å². The molecule has 0 unspecified atom stereocenters. The molecule has 94 valence electrons. The number of nitrogens with zero attached hydrogens (tertiary/aromatic N) is 2. The van der Waals surface area contributed by atoms with E-state index in [2.05, 4.69) is 10.2 Å². The van der Waals surface area contributed by atoms with Crippen molar-refractivity contribution in [1.82, 2.24) is 10.2 Å². The van der Waals surface area contributed by atoms with E-state index in [1.165, 1.54) is 0 Å². The first kappa shape index (κ1) is 11.0. The molecule has 0 saturated heterocycles. The molecule has 0 bridgehead atoms. The Morgan fingerprint density at radius 3 is 2.56 bits per heavy atom. The van der Waals surface area contributed by atoms with Gasteiger partial charge >= 0.3 is 0 Å². The van der Waals surface area contributed by atoms with Crippen LogP contribution in [-0.4, -0.2) is 23.4 Å². The first-order chi connectivity index (χ1) is 8.78. The SMILES string of the molecule is Cc1cc2c(cc1-c1nnc(CN)o1)OCCO2. The van der Waals surface area contributed by atoms with Gasteiger partial charge in [-0.3, -0.25) is 0 Å². The van der Waals surface area contributed by atoms with Gasteiger partial charge in [0, 0.05) is 5.56 Å². The highest BCUT2D eigenvalue weighted by Gasteiger charge is 2.18. The van der Waals surface area contributed by atoms with E-state index >= 15 is 0 Å². The van der Waals surface area contributed by atoms with Crippen LogP contribution >= 0.6 is 0 Å². The van der Waals surface area contributed by atoms with Gasteiger partial charge in [-0.1, -0.05) is 0 Å². The number of benzene rings is 1. The largest absolute Gasteiger partial charge is 0.486 e. The van der Waals surface area contributed by atoms with Crippen LogP contribution in [0.4, 0.5) is 0 Å². The van der Waals surface area contributed by atoms with Crippen LogP contribution < -0.4 is 15.2 Å². The molecule has 2 heterocycles. The van der Waals surface area contributed by atoms with E-state index in [1.807, 2.05) is 19.1 Å². The highest BCUT2D eigenvalue weighted by molar-refractivity contribution is 5.64. The smallest absolute Gasteiger partial charge is 0.248 e. The summed E-state index contributed by atoms with van der Waals surface area (Å²) in [5.74, 6) is 2.32. The minimum atomic E-state index is 0.233. The standard InChI is InChI=1S/C12H13N3O3/c1-7-4-9-10(17-3-2-16-9)5-8(7)12-15-14-11(6-13)18-12/h4-5H,2-3,6,13H2,1H3. The van der Waals surface area contributed by atoms with Crippen molar-refractivity contribution in [3.63, 3.8) is 0 Å². The summed E-state index contributed by atoms with van der Waals surface area (Å²) in [5, 5.41) is 7.82. The maximum atomic E-state index is 5.53. The fourth-order valence-corrected chi connectivity index (χ4v) is 1.87. The molecule has 0 aliphatic carbocycles. The maximum absolute atomic E-state index is 5.53. The predicted octanol–water partition coefficient (Wildman–Crippen LogP) is 1.27. The molecular weight excluding hydrogens is 234 g/mol. The Morgan fingerprint density at radius 2 is 1.89 bits per heavy atom. The molecule has 1 aliphatic rings. The summed E-state index contributed by atoms with van der Waals surface area (Å²) in [5.41, 5.74) is 7.28. The number of hydrogen-bond acceptors (Lipinski definition) is 6. The third-order valence-electron chi connectivity index (χ3n) is 2.76. The van der Waals surface area contributed by atoms with E-state index in [-0.39, 0.29) is 6.54 Å². The Labute approximate surface area is 104 Å². The van der Waals surface area contributed by atoms with Gasteiger partial charge in [0.25, 0.3) is 0 Å². The number of fused-ring (bicyclic) bond motifs is 1. The van der Waals surface area contributed by atoms with Crippen LogP contribution in [-0.2, 0) is 6.54 Å². The second-order valence-corrected chi connectivity index (χ2v) is 4.02. The van der Waals surface area contributed by atoms with Gasteiger partial charge in [-0.15, -0.1) is 10.2 Å². The van der Waals surface area contributed by atoms with Gasteiger partial charge < -0.3 is 19.6 Å². The summed E-state index contributed by atoms with van der Waals surface area (Å²) in [6, 6.07) is 3.77. The molecule has 6 nitrogen and oxygen atoms in total. The molecule has 0 amide bonds. The molecule has 6 heteroatoms. The fraction of sp³-hybridized carbons (Fsp3) is 0.333. The van der Waals surface area contributed by atoms with Crippen LogP contribution in [0.2, 0.25) is 0 Å². The van der Waals surface area contributed by atoms with E-state index < -0.39 is 0 Å². The highest BCUT2D eigenvalue weighted by Crippen LogP contribution is 2.36. The number of rotatable bonds is 2. The molecule has 0 atom stereocenters. The number of aromatic nitrogens is 2. The molecule has 0 saturated carbocycles. The molecule has 1 aromatic carbocycles. The van der Waals surface area contributed by atoms with Crippen LogP contribution in [0.1, 0.15) is 11.5 Å². The van der Waals surface area contributed by atoms with Gasteiger partial charge in [-0.25, -0.2) is 0 Å². The lowest BCUT2D eigenvalue weighted by Gasteiger charge is -2.19. The molecule has 18 heavy (non-hydrogen) atoms. The van der Waals surface area contributed by atoms with Gasteiger partial charge in [0.1, 0.15) is 13.2 Å². The second-order valence-electron chi connectivity index (χ2n) is 4.02. The molecule has 0 radical (unpaired) electrons. The molecular formula is C12H13N3O3. The lowest BCUT2D eigenvalue weighted by Crippen LogP contribution is -2.15. The van der Waals surface area contributed by atoms with Crippen molar-refractivity contribution >= 4 is 0 Å². The summed E-state index contributed by atoms with van der Waals surface area (Å²) in [4.78, 5) is 0. The molecule has 2 aromatic rings. The van der Waals surface area contributed by atoms with E-state index in [4.69, 9.17) is 19.6 Å². The third kappa shape index (κ3) is 1.80. The molecule has 0 fully saturated rings. The van der Waals surface area contributed by atoms with Crippen molar-refractivity contribution in [2.75, 3.05) is 13.2 Å². The van der Waals surface area contributed by atoms with Gasteiger partial charge in [0.05, 0.1) is 6.54 Å². The van der Waals surface area contributed by atoms with Gasteiger partial charge in [-0.2, -0.15) is 0 Å². The summed E-state index contributed by atoms with van der Waals surface area (Å²) in [6.45, 7) is 3.31. The van der Waals surface area contributed by atoms with E-state index in [9.17, 15) is 0 Å². The monoisotopic (exact) mass is 247 g/mol. The van der Waals surface area contributed by atoms with Crippen LogP contribution in [0.5, 0.6) is 11.5 Å². The number of aryl methyl sites for hydroxylation is 1. The Balaban J connectivity index is 2.06. The van der Waals surface area contributed by atoms with Crippen LogP contribution in [0, 0.1) is 6.92 Å². The van der Waals surface area contributed by atoms with Gasteiger partial charge in [0.15, 0.2) is 11.5 Å². The zero-order valence-electron chi connectivity index (χ0n) is 9.97. The van der Waals surface area contributed by atoms with Gasteiger partial charge in [-0.05, 0) is 24.6 Å². The van der Waals surface area contributed by atoms with E-state index in [0.717, 1.165) is 16.9 Å². The van der Waals surface area contributed by atoms with Crippen molar-refractivity contribution in [2.45, 2.75) is 13.5 Å². The lowest BCUT2D eigenvalue weighted by molar-refractivity contribution is 0.171. The van der Waals surface area contributed by atoms with Crippen LogP contribution in [0.3, 0.4) is 0 Å². The Morgan fingerprint density at radius 1 is 1.17 bits per heavy atom. The molecule has 2 N–H and O–H groups in total. The Bertz CT molecular complexity index is 580. The molecule has 3 rings (SSSR count). The summed E-state index contributed by atoms with van der Waals surface area (Å²) >= 11 is 0. The lowest BCUT2D eigenvalue weighted by atomic mass is 10.1. The normalized spacial score (nSPS) is 13.7.